The van der Waals surface area contributed by atoms with E-state index in [0.29, 0.717) is 12.0 Å². The fourth-order valence-electron chi connectivity index (χ4n) is 2.85. The highest BCUT2D eigenvalue weighted by Gasteiger charge is 2.34. The number of ether oxygens (including phenoxy) is 1. The summed E-state index contributed by atoms with van der Waals surface area (Å²) >= 11 is 0. The van der Waals surface area contributed by atoms with Gasteiger partial charge in [-0.25, -0.2) is 9.18 Å². The molecule has 3 rings (SSSR count). The van der Waals surface area contributed by atoms with Crippen LogP contribution >= 0.6 is 0 Å². The van der Waals surface area contributed by atoms with Gasteiger partial charge in [0.1, 0.15) is 5.82 Å². The number of likely N-dealkylation sites (N-methyl/N-ethyl adjacent to an activating group) is 1. The Bertz CT molecular complexity index is 772. The van der Waals surface area contributed by atoms with Crippen LogP contribution in [0.2, 0.25) is 0 Å². The van der Waals surface area contributed by atoms with E-state index in [-0.39, 0.29) is 17.8 Å². The number of halogens is 1. The van der Waals surface area contributed by atoms with Gasteiger partial charge in [0, 0.05) is 13.5 Å². The molecule has 2 aromatic rings. The zero-order valence-electron chi connectivity index (χ0n) is 13.5. The summed E-state index contributed by atoms with van der Waals surface area (Å²) in [6.07, 6.45) is -0.471. The first kappa shape index (κ1) is 16.2. The smallest absolute Gasteiger partial charge is 0.339 e. The van der Waals surface area contributed by atoms with E-state index in [9.17, 15) is 14.0 Å². The van der Waals surface area contributed by atoms with Crippen LogP contribution in [0.1, 0.15) is 34.5 Å². The number of nitrogens with zero attached hydrogens (tertiary/aromatic N) is 1. The summed E-state index contributed by atoms with van der Waals surface area (Å²) in [5.41, 5.74) is 2.14. The number of fused-ring (bicyclic) bond motifs is 1. The molecule has 2 atom stereocenters. The second-order valence-electron chi connectivity index (χ2n) is 5.93. The summed E-state index contributed by atoms with van der Waals surface area (Å²) in [5.74, 6) is -1.06. The van der Waals surface area contributed by atoms with Crippen molar-refractivity contribution >= 4 is 11.9 Å². The molecule has 2 aromatic carbocycles. The van der Waals surface area contributed by atoms with E-state index in [1.165, 1.54) is 17.0 Å². The number of benzene rings is 2. The van der Waals surface area contributed by atoms with Gasteiger partial charge in [0.25, 0.3) is 5.91 Å². The molecule has 1 amide bonds. The zero-order chi connectivity index (χ0) is 17.3. The van der Waals surface area contributed by atoms with Crippen LogP contribution in [0.25, 0.3) is 0 Å². The molecule has 5 heteroatoms. The molecule has 4 nitrogen and oxygen atoms in total. The molecule has 0 aromatic heterocycles. The second kappa shape index (κ2) is 6.43. The van der Waals surface area contributed by atoms with E-state index in [0.717, 1.165) is 11.1 Å². The molecule has 24 heavy (non-hydrogen) atoms. The molecular weight excluding hydrogens is 309 g/mol. The number of cyclic esters (lactones) is 1. The van der Waals surface area contributed by atoms with Crippen molar-refractivity contribution in [3.05, 3.63) is 71.0 Å². The lowest BCUT2D eigenvalue weighted by atomic mass is 9.97. The molecule has 0 bridgehead atoms. The average molecular weight is 327 g/mol. The number of rotatable bonds is 3. The highest BCUT2D eigenvalue weighted by atomic mass is 19.1. The lowest BCUT2D eigenvalue weighted by molar-refractivity contribution is -0.141. The Hall–Kier alpha value is -2.69. The normalized spacial score (nSPS) is 17.6. The molecule has 0 saturated heterocycles. The van der Waals surface area contributed by atoms with Crippen LogP contribution in [-0.2, 0) is 16.0 Å². The maximum atomic E-state index is 13.0. The Morgan fingerprint density at radius 3 is 2.58 bits per heavy atom. The monoisotopic (exact) mass is 327 g/mol. The second-order valence-corrected chi connectivity index (χ2v) is 5.93. The first-order valence-corrected chi connectivity index (χ1v) is 7.78. The standard InChI is InChI=1S/C19H18FNO3/c1-12(13-7-9-15(20)10-8-13)21(2)18(22)17-11-14-5-3-4-6-16(14)19(23)24-17/h3-10,12,17H,11H2,1-2H3. The van der Waals surface area contributed by atoms with Gasteiger partial charge in [-0.05, 0) is 36.2 Å². The summed E-state index contributed by atoms with van der Waals surface area (Å²) in [6, 6.07) is 12.9. The largest absolute Gasteiger partial charge is 0.448 e. The van der Waals surface area contributed by atoms with Gasteiger partial charge in [-0.2, -0.15) is 0 Å². The van der Waals surface area contributed by atoms with Crippen LogP contribution in [0.3, 0.4) is 0 Å². The van der Waals surface area contributed by atoms with Crippen molar-refractivity contribution in [2.75, 3.05) is 7.05 Å². The van der Waals surface area contributed by atoms with Crippen molar-refractivity contribution in [3.8, 4) is 0 Å². The Morgan fingerprint density at radius 1 is 1.21 bits per heavy atom. The van der Waals surface area contributed by atoms with Crippen LogP contribution in [0.5, 0.6) is 0 Å². The van der Waals surface area contributed by atoms with E-state index in [4.69, 9.17) is 4.74 Å². The minimum atomic E-state index is -0.833. The zero-order valence-corrected chi connectivity index (χ0v) is 13.5. The summed E-state index contributed by atoms with van der Waals surface area (Å²) in [5, 5.41) is 0. The minimum absolute atomic E-state index is 0.256. The van der Waals surface area contributed by atoms with Gasteiger partial charge in [0.05, 0.1) is 11.6 Å². The van der Waals surface area contributed by atoms with Crippen molar-refractivity contribution in [1.29, 1.82) is 0 Å². The van der Waals surface area contributed by atoms with Gasteiger partial charge in [-0.15, -0.1) is 0 Å². The number of amides is 1. The minimum Gasteiger partial charge on any atom is -0.448 e. The van der Waals surface area contributed by atoms with Gasteiger partial charge in [0.15, 0.2) is 6.10 Å². The third-order valence-corrected chi connectivity index (χ3v) is 4.45. The van der Waals surface area contributed by atoms with E-state index in [1.54, 1.807) is 31.3 Å². The molecule has 0 fully saturated rings. The van der Waals surface area contributed by atoms with E-state index < -0.39 is 12.1 Å². The van der Waals surface area contributed by atoms with Crippen molar-refractivity contribution < 1.29 is 18.7 Å². The van der Waals surface area contributed by atoms with Gasteiger partial charge >= 0.3 is 5.97 Å². The van der Waals surface area contributed by atoms with Crippen LogP contribution in [0.4, 0.5) is 4.39 Å². The van der Waals surface area contributed by atoms with Crippen molar-refractivity contribution in [2.24, 2.45) is 0 Å². The SMILES string of the molecule is CC(c1ccc(F)cc1)N(C)C(=O)C1Cc2ccccc2C(=O)O1. The summed E-state index contributed by atoms with van der Waals surface area (Å²) in [6.45, 7) is 1.85. The Balaban J connectivity index is 1.77. The molecule has 1 heterocycles. The lowest BCUT2D eigenvalue weighted by Gasteiger charge is -2.31. The van der Waals surface area contributed by atoms with Gasteiger partial charge < -0.3 is 9.64 Å². The molecule has 1 aliphatic heterocycles. The van der Waals surface area contributed by atoms with Gasteiger partial charge in [0.2, 0.25) is 0 Å². The van der Waals surface area contributed by atoms with E-state index >= 15 is 0 Å². The quantitative estimate of drug-likeness (QED) is 0.814. The van der Waals surface area contributed by atoms with Crippen molar-refractivity contribution in [3.63, 3.8) is 0 Å². The molecule has 0 spiro atoms. The predicted octanol–water partition coefficient (Wildman–Crippen LogP) is 3.13. The number of hydrogen-bond donors (Lipinski definition) is 0. The summed E-state index contributed by atoms with van der Waals surface area (Å²) in [7, 11) is 1.66. The summed E-state index contributed by atoms with van der Waals surface area (Å²) < 4.78 is 18.4. The Labute approximate surface area is 139 Å². The maximum absolute atomic E-state index is 13.0. The maximum Gasteiger partial charge on any atom is 0.339 e. The number of hydrogen-bond acceptors (Lipinski definition) is 3. The first-order chi connectivity index (χ1) is 11.5. The summed E-state index contributed by atoms with van der Waals surface area (Å²) in [4.78, 5) is 26.3. The lowest BCUT2D eigenvalue weighted by Crippen LogP contribution is -2.43. The van der Waals surface area contributed by atoms with Crippen LogP contribution in [0, 0.1) is 5.82 Å². The highest BCUT2D eigenvalue weighted by molar-refractivity contribution is 5.95. The van der Waals surface area contributed by atoms with Crippen LogP contribution in [0.15, 0.2) is 48.5 Å². The van der Waals surface area contributed by atoms with Crippen molar-refractivity contribution in [2.45, 2.75) is 25.5 Å². The molecule has 0 N–H and O–H groups in total. The topological polar surface area (TPSA) is 46.6 Å². The first-order valence-electron chi connectivity index (χ1n) is 7.78. The Morgan fingerprint density at radius 2 is 1.88 bits per heavy atom. The third kappa shape index (κ3) is 3.02. The fourth-order valence-corrected chi connectivity index (χ4v) is 2.85. The molecule has 2 unspecified atom stereocenters. The molecule has 0 radical (unpaired) electrons. The van der Waals surface area contributed by atoms with E-state index in [2.05, 4.69) is 0 Å². The van der Waals surface area contributed by atoms with Crippen molar-refractivity contribution in [1.82, 2.24) is 4.90 Å². The van der Waals surface area contributed by atoms with Gasteiger partial charge in [-0.3, -0.25) is 4.79 Å². The number of esters is 1. The third-order valence-electron chi connectivity index (χ3n) is 4.45. The molecule has 0 saturated carbocycles. The highest BCUT2D eigenvalue weighted by Crippen LogP contribution is 2.25. The van der Waals surface area contributed by atoms with E-state index in [1.807, 2.05) is 19.1 Å². The van der Waals surface area contributed by atoms with Crippen LogP contribution in [-0.4, -0.2) is 29.9 Å². The molecular formula is C19H18FNO3. The molecule has 1 aliphatic rings. The number of carbonyl (C=O) groups excluding carboxylic acids is 2. The van der Waals surface area contributed by atoms with Gasteiger partial charge in [-0.1, -0.05) is 30.3 Å². The average Bonchev–Trinajstić information content (AvgIpc) is 2.60. The number of carbonyl (C=O) groups is 2. The predicted molar refractivity (Wildman–Crippen MR) is 86.9 cm³/mol. The van der Waals surface area contributed by atoms with Crippen LogP contribution < -0.4 is 0 Å². The molecule has 0 aliphatic carbocycles. The molecule has 124 valence electrons. The Kier molecular flexibility index (Phi) is 4.34. The fraction of sp³-hybridized carbons (Fsp3) is 0.263.